The molecule has 0 spiro atoms. The molecule has 0 aromatic heterocycles. The van der Waals surface area contributed by atoms with Gasteiger partial charge in [-0.15, -0.1) is 0 Å². The van der Waals surface area contributed by atoms with Crippen LogP contribution in [-0.4, -0.2) is 42.3 Å². The Morgan fingerprint density at radius 3 is 2.57 bits per heavy atom. The zero-order chi connectivity index (χ0) is 21.9. The molecule has 162 valence electrons. The second-order valence-corrected chi connectivity index (χ2v) is 7.10. The van der Waals surface area contributed by atoms with Crippen molar-refractivity contribution in [2.45, 2.75) is 38.0 Å². The fourth-order valence-corrected chi connectivity index (χ4v) is 3.96. The van der Waals surface area contributed by atoms with Crippen molar-refractivity contribution < 1.29 is 32.5 Å². The largest absolute Gasteiger partial charge is 0.493 e. The molecule has 2 aromatic rings. The lowest BCUT2D eigenvalue weighted by molar-refractivity contribution is -0.143. The maximum Gasteiger partial charge on any atom is 0.416 e. The Morgan fingerprint density at radius 1 is 1.20 bits per heavy atom. The minimum atomic E-state index is -4.49. The fourth-order valence-electron chi connectivity index (χ4n) is 3.96. The van der Waals surface area contributed by atoms with Gasteiger partial charge in [-0.3, -0.25) is 9.69 Å². The van der Waals surface area contributed by atoms with Gasteiger partial charge in [-0.2, -0.15) is 13.2 Å². The molecule has 2 aromatic carbocycles. The SMILES string of the molecule is CCOc1cc(C(c2cccc(C(F)(F)F)c2)N2CCCC2C(=O)O)ccc1OC. The summed E-state index contributed by atoms with van der Waals surface area (Å²) >= 11 is 0. The van der Waals surface area contributed by atoms with Crippen molar-refractivity contribution in [1.29, 1.82) is 0 Å². The molecule has 1 aliphatic heterocycles. The quantitative estimate of drug-likeness (QED) is 0.697. The molecule has 1 N–H and O–H groups in total. The highest BCUT2D eigenvalue weighted by Gasteiger charge is 2.38. The molecule has 5 nitrogen and oxygen atoms in total. The summed E-state index contributed by atoms with van der Waals surface area (Å²) in [7, 11) is 1.50. The van der Waals surface area contributed by atoms with Crippen molar-refractivity contribution in [3.05, 3.63) is 59.2 Å². The number of halogens is 3. The smallest absolute Gasteiger partial charge is 0.416 e. The first-order chi connectivity index (χ1) is 14.3. The number of alkyl halides is 3. The van der Waals surface area contributed by atoms with Crippen LogP contribution in [0.2, 0.25) is 0 Å². The Kier molecular flexibility index (Phi) is 6.55. The van der Waals surface area contributed by atoms with Gasteiger partial charge in [0.25, 0.3) is 0 Å². The van der Waals surface area contributed by atoms with E-state index in [4.69, 9.17) is 9.47 Å². The Hall–Kier alpha value is -2.74. The van der Waals surface area contributed by atoms with Gasteiger partial charge in [-0.05, 0) is 55.2 Å². The van der Waals surface area contributed by atoms with Crippen LogP contribution < -0.4 is 9.47 Å². The number of nitrogens with zero attached hydrogens (tertiary/aromatic N) is 1. The minimum absolute atomic E-state index is 0.380. The van der Waals surface area contributed by atoms with Crippen molar-refractivity contribution in [3.63, 3.8) is 0 Å². The molecular weight excluding hydrogens is 399 g/mol. The third-order valence-corrected chi connectivity index (χ3v) is 5.24. The van der Waals surface area contributed by atoms with Gasteiger partial charge in [-0.25, -0.2) is 0 Å². The Bertz CT molecular complexity index is 900. The summed E-state index contributed by atoms with van der Waals surface area (Å²) < 4.78 is 50.9. The van der Waals surface area contributed by atoms with Crippen LogP contribution >= 0.6 is 0 Å². The summed E-state index contributed by atoms with van der Waals surface area (Å²) in [5.74, 6) is -0.0248. The molecular formula is C22H24F3NO4. The van der Waals surface area contributed by atoms with E-state index < -0.39 is 29.8 Å². The number of benzene rings is 2. The molecule has 0 radical (unpaired) electrons. The molecule has 30 heavy (non-hydrogen) atoms. The second-order valence-electron chi connectivity index (χ2n) is 7.10. The van der Waals surface area contributed by atoms with Crippen molar-refractivity contribution >= 4 is 5.97 Å². The first-order valence-electron chi connectivity index (χ1n) is 9.72. The number of rotatable bonds is 7. The summed E-state index contributed by atoms with van der Waals surface area (Å²) in [5.41, 5.74) is 0.256. The Morgan fingerprint density at radius 2 is 1.93 bits per heavy atom. The number of aliphatic carboxylic acids is 1. The summed E-state index contributed by atoms with van der Waals surface area (Å²) in [6.07, 6.45) is -3.39. The van der Waals surface area contributed by atoms with Crippen LogP contribution in [0.4, 0.5) is 13.2 Å². The number of methoxy groups -OCH3 is 1. The van der Waals surface area contributed by atoms with Gasteiger partial charge in [0.2, 0.25) is 0 Å². The van der Waals surface area contributed by atoms with Gasteiger partial charge in [0.15, 0.2) is 11.5 Å². The maximum atomic E-state index is 13.3. The molecule has 1 saturated heterocycles. The summed E-state index contributed by atoms with van der Waals surface area (Å²) in [5, 5.41) is 9.66. The monoisotopic (exact) mass is 423 g/mol. The minimum Gasteiger partial charge on any atom is -0.493 e. The number of likely N-dealkylation sites (tertiary alicyclic amines) is 1. The molecule has 0 aliphatic carbocycles. The van der Waals surface area contributed by atoms with Gasteiger partial charge in [0.1, 0.15) is 6.04 Å². The van der Waals surface area contributed by atoms with E-state index >= 15 is 0 Å². The van der Waals surface area contributed by atoms with Gasteiger partial charge in [0, 0.05) is 6.54 Å². The molecule has 1 aliphatic rings. The van der Waals surface area contributed by atoms with Gasteiger partial charge >= 0.3 is 12.1 Å². The van der Waals surface area contributed by atoms with E-state index in [0.717, 1.165) is 12.1 Å². The average molecular weight is 423 g/mol. The number of hydrogen-bond donors (Lipinski definition) is 1. The first kappa shape index (κ1) is 22.0. The predicted molar refractivity (Wildman–Crippen MR) is 105 cm³/mol. The average Bonchev–Trinajstić information content (AvgIpc) is 3.18. The number of ether oxygens (including phenoxy) is 2. The third-order valence-electron chi connectivity index (χ3n) is 5.24. The Labute approximate surface area is 173 Å². The van der Waals surface area contributed by atoms with Gasteiger partial charge < -0.3 is 14.6 Å². The number of carbonyl (C=O) groups is 1. The second kappa shape index (κ2) is 8.95. The molecule has 0 saturated carbocycles. The van der Waals surface area contributed by atoms with E-state index in [1.807, 2.05) is 6.92 Å². The lowest BCUT2D eigenvalue weighted by Gasteiger charge is -2.32. The van der Waals surface area contributed by atoms with Crippen LogP contribution in [0.15, 0.2) is 42.5 Å². The molecule has 1 fully saturated rings. The van der Waals surface area contributed by atoms with Gasteiger partial charge in [0.05, 0.1) is 25.3 Å². The summed E-state index contributed by atoms with van der Waals surface area (Å²) in [6, 6.07) is 8.75. The van der Waals surface area contributed by atoms with Crippen LogP contribution in [0, 0.1) is 0 Å². The highest BCUT2D eigenvalue weighted by Crippen LogP contribution is 2.40. The van der Waals surface area contributed by atoms with Crippen LogP contribution in [0.3, 0.4) is 0 Å². The van der Waals surface area contributed by atoms with Crippen LogP contribution in [-0.2, 0) is 11.0 Å². The first-order valence-corrected chi connectivity index (χ1v) is 9.72. The molecule has 2 atom stereocenters. The third kappa shape index (κ3) is 4.53. The zero-order valence-electron chi connectivity index (χ0n) is 16.8. The van der Waals surface area contributed by atoms with E-state index in [1.54, 1.807) is 29.2 Å². The molecule has 2 unspecified atom stereocenters. The van der Waals surface area contributed by atoms with Gasteiger partial charge in [-0.1, -0.05) is 18.2 Å². The number of hydrogen-bond acceptors (Lipinski definition) is 4. The van der Waals surface area contributed by atoms with E-state index in [-0.39, 0.29) is 0 Å². The molecule has 8 heteroatoms. The van der Waals surface area contributed by atoms with E-state index in [0.29, 0.717) is 48.6 Å². The molecule has 1 heterocycles. The summed E-state index contributed by atoms with van der Waals surface area (Å²) in [6.45, 7) is 2.67. The summed E-state index contributed by atoms with van der Waals surface area (Å²) in [4.78, 5) is 13.6. The zero-order valence-corrected chi connectivity index (χ0v) is 16.8. The van der Waals surface area contributed by atoms with Crippen LogP contribution in [0.1, 0.15) is 42.5 Å². The van der Waals surface area contributed by atoms with E-state index in [9.17, 15) is 23.1 Å². The maximum absolute atomic E-state index is 13.3. The molecule has 0 amide bonds. The van der Waals surface area contributed by atoms with E-state index in [2.05, 4.69) is 0 Å². The van der Waals surface area contributed by atoms with Crippen LogP contribution in [0.5, 0.6) is 11.5 Å². The number of carboxylic acid groups (broad SMARTS) is 1. The topological polar surface area (TPSA) is 59.0 Å². The van der Waals surface area contributed by atoms with E-state index in [1.165, 1.54) is 13.2 Å². The van der Waals surface area contributed by atoms with Crippen molar-refractivity contribution in [2.24, 2.45) is 0 Å². The van der Waals surface area contributed by atoms with Crippen molar-refractivity contribution in [2.75, 3.05) is 20.3 Å². The standard InChI is InChI=1S/C22H24F3NO4/c1-3-30-19-13-15(9-10-18(19)29-2)20(26-11-5-8-17(26)21(27)28)14-6-4-7-16(12-14)22(23,24)25/h4,6-7,9-10,12-13,17,20H,3,5,8,11H2,1-2H3,(H,27,28). The van der Waals surface area contributed by atoms with Crippen molar-refractivity contribution in [1.82, 2.24) is 4.90 Å². The highest BCUT2D eigenvalue weighted by atomic mass is 19.4. The lowest BCUT2D eigenvalue weighted by atomic mass is 9.94. The predicted octanol–water partition coefficient (Wildman–Crippen LogP) is 4.75. The Balaban J connectivity index is 2.14. The molecule has 0 bridgehead atoms. The number of carboxylic acids is 1. The van der Waals surface area contributed by atoms with Crippen LogP contribution in [0.25, 0.3) is 0 Å². The van der Waals surface area contributed by atoms with Crippen molar-refractivity contribution in [3.8, 4) is 11.5 Å². The lowest BCUT2D eigenvalue weighted by Crippen LogP contribution is -2.39. The fraction of sp³-hybridized carbons (Fsp3) is 0.409. The molecule has 3 rings (SSSR count). The highest BCUT2D eigenvalue weighted by molar-refractivity contribution is 5.74. The normalized spacial score (nSPS) is 18.2.